The number of carbonyl (C=O) groups excluding carboxylic acids is 1. The standard InChI is InChI=1S/C27H25F4N3O2/c1-14(25-33-23-18(26(35)36-2)9-10-19(24(23)34-25)27(29,30)31)15-5-7-16(8-6-15)22-17-4-3-13-32-21(17)12-11-20(22)28/h3-4,9-16H,5-8H2,1-2H3,(H,33,34)/t14-,15?,16?/m0/s1. The van der Waals surface area contributed by atoms with Gasteiger partial charge in [-0.1, -0.05) is 13.0 Å². The van der Waals surface area contributed by atoms with E-state index in [2.05, 4.69) is 15.0 Å². The molecule has 0 aliphatic heterocycles. The molecule has 0 unspecified atom stereocenters. The van der Waals surface area contributed by atoms with E-state index in [9.17, 15) is 22.4 Å². The zero-order valence-corrected chi connectivity index (χ0v) is 19.8. The molecule has 9 heteroatoms. The van der Waals surface area contributed by atoms with E-state index in [0.29, 0.717) is 11.4 Å². The molecule has 5 nitrogen and oxygen atoms in total. The SMILES string of the molecule is COC(=O)c1ccc(C(F)(F)F)c2nc([C@@H](C)C3CCC(c4c(F)ccc5ncccc45)CC3)[nH]c12. The van der Waals surface area contributed by atoms with Gasteiger partial charge in [-0.25, -0.2) is 14.2 Å². The van der Waals surface area contributed by atoms with Crippen LogP contribution in [-0.2, 0) is 10.9 Å². The van der Waals surface area contributed by atoms with Crippen LogP contribution < -0.4 is 0 Å². The Morgan fingerprint density at radius 1 is 1.11 bits per heavy atom. The minimum atomic E-state index is -4.61. The molecule has 2 aromatic carbocycles. The van der Waals surface area contributed by atoms with E-state index >= 15 is 0 Å². The average molecular weight is 500 g/mol. The summed E-state index contributed by atoms with van der Waals surface area (Å²) in [5.74, 6) is -0.559. The molecular weight excluding hydrogens is 474 g/mol. The van der Waals surface area contributed by atoms with Crippen LogP contribution in [0.1, 0.15) is 71.8 Å². The van der Waals surface area contributed by atoms with Gasteiger partial charge in [0.25, 0.3) is 0 Å². The molecule has 0 amide bonds. The van der Waals surface area contributed by atoms with Crippen molar-refractivity contribution in [2.45, 2.75) is 50.6 Å². The molecule has 1 aliphatic rings. The third kappa shape index (κ3) is 4.20. The molecule has 1 atom stereocenters. The molecule has 1 saturated carbocycles. The highest BCUT2D eigenvalue weighted by molar-refractivity contribution is 6.03. The van der Waals surface area contributed by atoms with E-state index in [0.717, 1.165) is 48.7 Å². The Morgan fingerprint density at radius 2 is 1.86 bits per heavy atom. The van der Waals surface area contributed by atoms with E-state index in [1.54, 1.807) is 18.3 Å². The first kappa shape index (κ1) is 24.2. The van der Waals surface area contributed by atoms with Crippen LogP contribution in [0.15, 0.2) is 42.6 Å². The van der Waals surface area contributed by atoms with Gasteiger partial charge in [-0.05, 0) is 67.9 Å². The number of pyridine rings is 1. The molecule has 2 heterocycles. The lowest BCUT2D eigenvalue weighted by Crippen LogP contribution is -2.20. The Labute approximate surface area is 204 Å². The lowest BCUT2D eigenvalue weighted by atomic mass is 9.73. The second-order valence-electron chi connectivity index (χ2n) is 9.43. The average Bonchev–Trinajstić information content (AvgIpc) is 3.32. The number of H-pyrrole nitrogens is 1. The number of ether oxygens (including phenoxy) is 1. The van der Waals surface area contributed by atoms with Crippen molar-refractivity contribution in [1.82, 2.24) is 15.0 Å². The van der Waals surface area contributed by atoms with E-state index in [4.69, 9.17) is 4.74 Å². The monoisotopic (exact) mass is 499 g/mol. The first-order valence-electron chi connectivity index (χ1n) is 11.9. The Bertz CT molecular complexity index is 1440. The van der Waals surface area contributed by atoms with Crippen molar-refractivity contribution in [3.05, 3.63) is 70.9 Å². The van der Waals surface area contributed by atoms with Gasteiger partial charge in [-0.15, -0.1) is 0 Å². The van der Waals surface area contributed by atoms with Crippen LogP contribution in [0, 0.1) is 11.7 Å². The molecule has 0 spiro atoms. The number of rotatable bonds is 4. The fourth-order valence-corrected chi connectivity index (χ4v) is 5.53. The van der Waals surface area contributed by atoms with Gasteiger partial charge < -0.3 is 9.72 Å². The lowest BCUT2D eigenvalue weighted by molar-refractivity contribution is -0.136. The van der Waals surface area contributed by atoms with Gasteiger partial charge in [0.1, 0.15) is 17.2 Å². The van der Waals surface area contributed by atoms with Crippen molar-refractivity contribution < 1.29 is 27.1 Å². The van der Waals surface area contributed by atoms with Crippen LogP contribution >= 0.6 is 0 Å². The van der Waals surface area contributed by atoms with E-state index in [-0.39, 0.29) is 40.2 Å². The maximum Gasteiger partial charge on any atom is 0.418 e. The molecule has 1 fully saturated rings. The van der Waals surface area contributed by atoms with Gasteiger partial charge in [0.05, 0.1) is 29.3 Å². The number of nitrogens with zero attached hydrogens (tertiary/aromatic N) is 2. The van der Waals surface area contributed by atoms with Crippen molar-refractivity contribution in [1.29, 1.82) is 0 Å². The van der Waals surface area contributed by atoms with Crippen LogP contribution in [-0.4, -0.2) is 28.0 Å². The third-order valence-corrected chi connectivity index (χ3v) is 7.47. The number of aromatic nitrogens is 3. The number of imidazole rings is 1. The van der Waals surface area contributed by atoms with Crippen LogP contribution in [0.2, 0.25) is 0 Å². The van der Waals surface area contributed by atoms with Crippen molar-refractivity contribution in [2.24, 2.45) is 5.92 Å². The molecular formula is C27H25F4N3O2. The number of methoxy groups -OCH3 is 1. The second-order valence-corrected chi connectivity index (χ2v) is 9.43. The number of hydrogen-bond donors (Lipinski definition) is 1. The number of aromatic amines is 1. The minimum absolute atomic E-state index is 0.00944. The minimum Gasteiger partial charge on any atom is -0.465 e. The number of fused-ring (bicyclic) bond motifs is 2. The number of esters is 1. The predicted octanol–water partition coefficient (Wildman–Crippen LogP) is 7.13. The zero-order chi connectivity index (χ0) is 25.6. The summed E-state index contributed by atoms with van der Waals surface area (Å²) in [7, 11) is 1.18. The number of benzene rings is 2. The Balaban J connectivity index is 1.42. The maximum absolute atomic E-state index is 14.8. The first-order valence-corrected chi connectivity index (χ1v) is 11.9. The number of halogens is 4. The fourth-order valence-electron chi connectivity index (χ4n) is 5.53. The summed E-state index contributed by atoms with van der Waals surface area (Å²) in [6, 6.07) is 8.82. The van der Waals surface area contributed by atoms with E-state index in [1.165, 1.54) is 13.2 Å². The Kier molecular flexibility index (Phi) is 6.18. The molecule has 5 rings (SSSR count). The number of hydrogen-bond acceptors (Lipinski definition) is 4. The van der Waals surface area contributed by atoms with Gasteiger partial charge in [0.15, 0.2) is 0 Å². The molecule has 188 valence electrons. The smallest absolute Gasteiger partial charge is 0.418 e. The largest absolute Gasteiger partial charge is 0.465 e. The molecule has 4 aromatic rings. The molecule has 0 saturated heterocycles. The quantitative estimate of drug-likeness (QED) is 0.240. The van der Waals surface area contributed by atoms with Gasteiger partial charge in [-0.3, -0.25) is 4.98 Å². The highest BCUT2D eigenvalue weighted by Crippen LogP contribution is 2.44. The van der Waals surface area contributed by atoms with Crippen molar-refractivity contribution in [3.8, 4) is 0 Å². The van der Waals surface area contributed by atoms with Gasteiger partial charge in [-0.2, -0.15) is 13.2 Å². The Hall–Kier alpha value is -3.49. The summed E-state index contributed by atoms with van der Waals surface area (Å²) in [4.78, 5) is 23.8. The van der Waals surface area contributed by atoms with Crippen molar-refractivity contribution in [3.63, 3.8) is 0 Å². The van der Waals surface area contributed by atoms with Crippen LogP contribution in [0.3, 0.4) is 0 Å². The van der Waals surface area contributed by atoms with E-state index < -0.39 is 17.7 Å². The van der Waals surface area contributed by atoms with Crippen LogP contribution in [0.5, 0.6) is 0 Å². The summed E-state index contributed by atoms with van der Waals surface area (Å²) in [6.45, 7) is 1.93. The zero-order valence-electron chi connectivity index (χ0n) is 19.8. The summed E-state index contributed by atoms with van der Waals surface area (Å²) in [5.41, 5.74) is 0.295. The Morgan fingerprint density at radius 3 is 2.56 bits per heavy atom. The molecule has 36 heavy (non-hydrogen) atoms. The lowest BCUT2D eigenvalue weighted by Gasteiger charge is -2.32. The van der Waals surface area contributed by atoms with Gasteiger partial charge in [0, 0.05) is 23.1 Å². The van der Waals surface area contributed by atoms with Gasteiger partial charge >= 0.3 is 12.1 Å². The highest BCUT2D eigenvalue weighted by atomic mass is 19.4. The third-order valence-electron chi connectivity index (χ3n) is 7.47. The predicted molar refractivity (Wildman–Crippen MR) is 127 cm³/mol. The maximum atomic E-state index is 14.8. The molecule has 0 bridgehead atoms. The highest BCUT2D eigenvalue weighted by Gasteiger charge is 2.36. The second kappa shape index (κ2) is 9.19. The van der Waals surface area contributed by atoms with Gasteiger partial charge in [0.2, 0.25) is 0 Å². The number of alkyl halides is 3. The van der Waals surface area contributed by atoms with Crippen molar-refractivity contribution >= 4 is 27.9 Å². The van der Waals surface area contributed by atoms with Crippen molar-refractivity contribution in [2.75, 3.05) is 7.11 Å². The van der Waals surface area contributed by atoms with Crippen LogP contribution in [0.4, 0.5) is 17.6 Å². The van der Waals surface area contributed by atoms with E-state index in [1.807, 2.05) is 13.0 Å². The summed E-state index contributed by atoms with van der Waals surface area (Å²) in [6.07, 6.45) is 0.121. The topological polar surface area (TPSA) is 67.9 Å². The summed E-state index contributed by atoms with van der Waals surface area (Å²) < 4.78 is 60.5. The summed E-state index contributed by atoms with van der Waals surface area (Å²) >= 11 is 0. The first-order chi connectivity index (χ1) is 17.2. The molecule has 1 N–H and O–H groups in total. The molecule has 2 aromatic heterocycles. The number of carbonyl (C=O) groups is 1. The molecule has 1 aliphatic carbocycles. The normalized spacial score (nSPS) is 19.5. The fraction of sp³-hybridized carbons (Fsp3) is 0.370. The summed E-state index contributed by atoms with van der Waals surface area (Å²) in [5, 5.41) is 0.821. The number of nitrogens with one attached hydrogen (secondary N) is 1. The van der Waals surface area contributed by atoms with Crippen LogP contribution in [0.25, 0.3) is 21.9 Å². The molecule has 0 radical (unpaired) electrons.